The number of nitro groups is 1. The fourth-order valence-corrected chi connectivity index (χ4v) is 4.79. The van der Waals surface area contributed by atoms with E-state index in [-0.39, 0.29) is 11.6 Å². The Morgan fingerprint density at radius 2 is 1.83 bits per heavy atom. The van der Waals surface area contributed by atoms with Crippen LogP contribution in [-0.2, 0) is 19.4 Å². The Balaban J connectivity index is 1.58. The molecule has 0 spiro atoms. The van der Waals surface area contributed by atoms with Crippen LogP contribution in [0.15, 0.2) is 59.6 Å². The molecule has 1 aliphatic rings. The zero-order chi connectivity index (χ0) is 20.9. The maximum absolute atomic E-state index is 13.0. The molecule has 0 saturated heterocycles. The number of nitrogens with one attached hydrogen (secondary N) is 1. The van der Waals surface area contributed by atoms with E-state index in [0.717, 1.165) is 42.4 Å². The van der Waals surface area contributed by atoms with E-state index in [0.29, 0.717) is 17.1 Å². The van der Waals surface area contributed by atoms with Gasteiger partial charge in [-0.1, -0.05) is 30.3 Å². The van der Waals surface area contributed by atoms with Crippen LogP contribution in [0.2, 0.25) is 0 Å². The summed E-state index contributed by atoms with van der Waals surface area (Å²) in [6, 6.07) is 16.0. The number of hydrogen-bond acceptors (Lipinski definition) is 5. The first-order chi connectivity index (χ1) is 14.6. The molecule has 152 valence electrons. The van der Waals surface area contributed by atoms with Gasteiger partial charge in [-0.05, 0) is 54.5 Å². The summed E-state index contributed by atoms with van der Waals surface area (Å²) in [6.07, 6.45) is 5.74. The van der Waals surface area contributed by atoms with Crippen LogP contribution in [-0.4, -0.2) is 17.0 Å². The van der Waals surface area contributed by atoms with E-state index in [9.17, 15) is 14.9 Å². The molecule has 0 unspecified atom stereocenters. The zero-order valence-corrected chi connectivity index (χ0v) is 17.2. The summed E-state index contributed by atoms with van der Waals surface area (Å²) >= 11 is 1.57. The van der Waals surface area contributed by atoms with Crippen molar-refractivity contribution in [3.8, 4) is 0 Å². The smallest absolute Gasteiger partial charge is 0.269 e. The Hall–Kier alpha value is -3.32. The van der Waals surface area contributed by atoms with Crippen molar-refractivity contribution >= 4 is 34.1 Å². The van der Waals surface area contributed by atoms with Crippen molar-refractivity contribution in [3.63, 3.8) is 0 Å². The highest BCUT2D eigenvalue weighted by Crippen LogP contribution is 2.39. The Kier molecular flexibility index (Phi) is 5.99. The van der Waals surface area contributed by atoms with Crippen molar-refractivity contribution in [2.24, 2.45) is 4.99 Å². The summed E-state index contributed by atoms with van der Waals surface area (Å²) in [4.78, 5) is 29.3. The number of hydrogen-bond donors (Lipinski definition) is 1. The van der Waals surface area contributed by atoms with E-state index in [4.69, 9.17) is 0 Å². The van der Waals surface area contributed by atoms with Crippen LogP contribution in [0.1, 0.15) is 44.8 Å². The number of aryl methyl sites for hydroxylation is 1. The molecule has 0 radical (unpaired) electrons. The summed E-state index contributed by atoms with van der Waals surface area (Å²) < 4.78 is 0. The lowest BCUT2D eigenvalue weighted by Gasteiger charge is -2.12. The van der Waals surface area contributed by atoms with Crippen LogP contribution in [0.4, 0.5) is 10.7 Å². The molecule has 30 heavy (non-hydrogen) atoms. The second kappa shape index (κ2) is 9.00. The first-order valence-electron chi connectivity index (χ1n) is 9.87. The molecule has 0 aliphatic heterocycles. The maximum atomic E-state index is 13.0. The van der Waals surface area contributed by atoms with Crippen LogP contribution >= 0.6 is 11.3 Å². The van der Waals surface area contributed by atoms with Crippen LogP contribution < -0.4 is 5.32 Å². The van der Waals surface area contributed by atoms with Crippen LogP contribution in [0.3, 0.4) is 0 Å². The number of aliphatic imine (C=N–C) groups is 1. The minimum atomic E-state index is -0.427. The van der Waals surface area contributed by atoms with Crippen molar-refractivity contribution in [2.75, 3.05) is 0 Å². The lowest BCUT2D eigenvalue weighted by molar-refractivity contribution is -0.384. The van der Waals surface area contributed by atoms with Gasteiger partial charge in [0.05, 0.1) is 10.5 Å². The summed E-state index contributed by atoms with van der Waals surface area (Å²) in [7, 11) is 0. The number of nitrogens with zero attached hydrogens (tertiary/aromatic N) is 2. The normalized spacial score (nSPS) is 13.2. The summed E-state index contributed by atoms with van der Waals surface area (Å²) in [5.74, 6) is -0.103. The number of thiophene rings is 1. The fourth-order valence-electron chi connectivity index (χ4n) is 3.56. The van der Waals surface area contributed by atoms with Gasteiger partial charge in [0.25, 0.3) is 11.6 Å². The van der Waals surface area contributed by atoms with E-state index >= 15 is 0 Å². The third-order valence-electron chi connectivity index (χ3n) is 5.11. The molecule has 2 aromatic carbocycles. The maximum Gasteiger partial charge on any atom is 0.269 e. The molecule has 0 bridgehead atoms. The number of carbonyl (C=O) groups excluding carboxylic acids is 1. The molecule has 0 atom stereocenters. The fraction of sp³-hybridized carbons (Fsp3) is 0.217. The van der Waals surface area contributed by atoms with E-state index in [1.54, 1.807) is 29.7 Å². The molecule has 0 saturated carbocycles. The highest BCUT2D eigenvalue weighted by Gasteiger charge is 2.25. The minimum Gasteiger partial charge on any atom is -0.348 e. The summed E-state index contributed by atoms with van der Waals surface area (Å²) in [5, 5.41) is 14.5. The third-order valence-corrected chi connectivity index (χ3v) is 6.31. The van der Waals surface area contributed by atoms with Gasteiger partial charge < -0.3 is 5.32 Å². The van der Waals surface area contributed by atoms with Gasteiger partial charge >= 0.3 is 0 Å². The van der Waals surface area contributed by atoms with E-state index in [2.05, 4.69) is 10.3 Å². The first kappa shape index (κ1) is 20.0. The zero-order valence-electron chi connectivity index (χ0n) is 16.3. The summed E-state index contributed by atoms with van der Waals surface area (Å²) in [6.45, 7) is 0.468. The van der Waals surface area contributed by atoms with Gasteiger partial charge in [-0.3, -0.25) is 14.9 Å². The third kappa shape index (κ3) is 4.46. The molecule has 4 rings (SSSR count). The Bertz CT molecular complexity index is 1090. The van der Waals surface area contributed by atoms with Crippen LogP contribution in [0.5, 0.6) is 0 Å². The number of non-ortho nitro benzene ring substituents is 1. The standard InChI is InChI=1S/C23H21N3O3S/c27-22(24-14-16-6-2-1-3-7-16)21-19-8-4-5-9-20(19)30-23(21)25-15-17-10-12-18(13-11-17)26(28)29/h1-3,6-7,10-13,15H,4-5,8-9,14H2,(H,24,27). The first-order valence-corrected chi connectivity index (χ1v) is 10.7. The molecule has 1 heterocycles. The number of amides is 1. The van der Waals surface area contributed by atoms with Gasteiger partial charge in [-0.25, -0.2) is 4.99 Å². The van der Waals surface area contributed by atoms with Gasteiger partial charge in [-0.2, -0.15) is 0 Å². The van der Waals surface area contributed by atoms with Gasteiger partial charge in [0.2, 0.25) is 0 Å². The lowest BCUT2D eigenvalue weighted by atomic mass is 9.95. The molecule has 1 amide bonds. The molecular formula is C23H21N3O3S. The molecule has 0 fully saturated rings. The number of fused-ring (bicyclic) bond motifs is 1. The molecule has 7 heteroatoms. The van der Waals surface area contributed by atoms with Crippen LogP contribution in [0.25, 0.3) is 0 Å². The second-order valence-electron chi connectivity index (χ2n) is 7.17. The topological polar surface area (TPSA) is 84.6 Å². The largest absolute Gasteiger partial charge is 0.348 e. The molecule has 3 aromatic rings. The van der Waals surface area contributed by atoms with Gasteiger partial charge in [0, 0.05) is 29.8 Å². The highest BCUT2D eigenvalue weighted by atomic mass is 32.1. The predicted molar refractivity (Wildman–Crippen MR) is 119 cm³/mol. The minimum absolute atomic E-state index is 0.0414. The predicted octanol–water partition coefficient (Wildman–Crippen LogP) is 5.22. The average Bonchev–Trinajstić information content (AvgIpc) is 3.15. The Morgan fingerprint density at radius 1 is 1.10 bits per heavy atom. The average molecular weight is 420 g/mol. The van der Waals surface area contributed by atoms with Gasteiger partial charge in [-0.15, -0.1) is 11.3 Å². The molecular weight excluding hydrogens is 398 g/mol. The van der Waals surface area contributed by atoms with E-state index in [1.165, 1.54) is 17.0 Å². The monoisotopic (exact) mass is 419 g/mol. The van der Waals surface area contributed by atoms with E-state index in [1.807, 2.05) is 30.3 Å². The second-order valence-corrected chi connectivity index (χ2v) is 8.25. The summed E-state index contributed by atoms with van der Waals surface area (Å²) in [5.41, 5.74) is 3.63. The molecule has 1 N–H and O–H groups in total. The van der Waals surface area contributed by atoms with Crippen LogP contribution in [0, 0.1) is 10.1 Å². The van der Waals surface area contributed by atoms with Gasteiger partial charge in [0.15, 0.2) is 0 Å². The number of carbonyl (C=O) groups is 1. The molecule has 1 aromatic heterocycles. The van der Waals surface area contributed by atoms with Crippen molar-refractivity contribution in [3.05, 3.63) is 91.8 Å². The number of benzene rings is 2. The SMILES string of the molecule is O=C(NCc1ccccc1)c1c(N=Cc2ccc([N+](=O)[O-])cc2)sc2c1CCCC2. The lowest BCUT2D eigenvalue weighted by Crippen LogP contribution is -2.24. The Labute approximate surface area is 178 Å². The quantitative estimate of drug-likeness (QED) is 0.338. The van der Waals surface area contributed by atoms with Crippen molar-refractivity contribution in [1.29, 1.82) is 0 Å². The Morgan fingerprint density at radius 3 is 2.57 bits per heavy atom. The highest BCUT2D eigenvalue weighted by molar-refractivity contribution is 7.16. The number of rotatable bonds is 6. The molecule has 1 aliphatic carbocycles. The van der Waals surface area contributed by atoms with E-state index < -0.39 is 4.92 Å². The molecule has 6 nitrogen and oxygen atoms in total. The van der Waals surface area contributed by atoms with Gasteiger partial charge in [0.1, 0.15) is 5.00 Å². The van der Waals surface area contributed by atoms with Crippen molar-refractivity contribution in [1.82, 2.24) is 5.32 Å². The number of nitro benzene ring substituents is 1. The van der Waals surface area contributed by atoms with Crippen molar-refractivity contribution in [2.45, 2.75) is 32.2 Å². The van der Waals surface area contributed by atoms with Crippen molar-refractivity contribution < 1.29 is 9.72 Å².